The van der Waals surface area contributed by atoms with E-state index in [0.717, 1.165) is 28.8 Å². The second-order valence-corrected chi connectivity index (χ2v) is 7.49. The van der Waals surface area contributed by atoms with Crippen molar-refractivity contribution in [2.24, 2.45) is 7.05 Å². The molecule has 0 radical (unpaired) electrons. The van der Waals surface area contributed by atoms with Gasteiger partial charge >= 0.3 is 0 Å². The summed E-state index contributed by atoms with van der Waals surface area (Å²) in [6.07, 6.45) is 2.42. The predicted octanol–water partition coefficient (Wildman–Crippen LogP) is 2.20. The van der Waals surface area contributed by atoms with Gasteiger partial charge in [0, 0.05) is 20.1 Å². The summed E-state index contributed by atoms with van der Waals surface area (Å²) in [5.74, 6) is 2.00. The van der Waals surface area contributed by atoms with Crippen LogP contribution in [0.5, 0.6) is 0 Å². The molecule has 1 saturated heterocycles. The summed E-state index contributed by atoms with van der Waals surface area (Å²) in [6.45, 7) is 2.09. The smallest absolute Gasteiger partial charge is 0.262 e. The number of nitrogens with zero attached hydrogens (tertiary/aromatic N) is 5. The van der Waals surface area contributed by atoms with Crippen molar-refractivity contribution in [3.05, 3.63) is 40.4 Å². The van der Waals surface area contributed by atoms with Crippen LogP contribution in [0.3, 0.4) is 0 Å². The number of benzene rings is 1. The number of hydrogen-bond donors (Lipinski definition) is 0. The first kappa shape index (κ1) is 15.6. The van der Waals surface area contributed by atoms with E-state index in [9.17, 15) is 4.79 Å². The lowest BCUT2D eigenvalue weighted by Crippen LogP contribution is -2.23. The van der Waals surface area contributed by atoms with E-state index in [4.69, 9.17) is 12.2 Å². The van der Waals surface area contributed by atoms with Gasteiger partial charge in [-0.2, -0.15) is 0 Å². The van der Waals surface area contributed by atoms with Crippen LogP contribution in [0.25, 0.3) is 16.7 Å². The number of para-hydroxylation sites is 1. The zero-order valence-electron chi connectivity index (χ0n) is 13.3. The Balaban J connectivity index is 1.74. The van der Waals surface area contributed by atoms with Gasteiger partial charge in [-0.05, 0) is 25.0 Å². The number of thioether (sulfide) groups is 1. The van der Waals surface area contributed by atoms with Crippen LogP contribution in [0.2, 0.25) is 0 Å². The molecule has 1 aliphatic heterocycles. The van der Waals surface area contributed by atoms with E-state index >= 15 is 0 Å². The molecule has 0 amide bonds. The number of likely N-dealkylation sites (tertiary alicyclic amines) is 1. The fourth-order valence-electron chi connectivity index (χ4n) is 3.10. The average molecular weight is 359 g/mol. The first-order valence-electron chi connectivity index (χ1n) is 7.90. The van der Waals surface area contributed by atoms with Crippen molar-refractivity contribution in [1.82, 2.24) is 24.1 Å². The van der Waals surface area contributed by atoms with Crippen LogP contribution in [0.15, 0.2) is 29.1 Å². The highest BCUT2D eigenvalue weighted by Crippen LogP contribution is 2.21. The van der Waals surface area contributed by atoms with Gasteiger partial charge in [-0.25, -0.2) is 0 Å². The van der Waals surface area contributed by atoms with Crippen LogP contribution < -0.4 is 5.56 Å². The fraction of sp³-hybridized carbons (Fsp3) is 0.375. The van der Waals surface area contributed by atoms with E-state index in [1.807, 2.05) is 28.7 Å². The molecule has 1 fully saturated rings. The summed E-state index contributed by atoms with van der Waals surface area (Å²) in [4.78, 5) is 14.7. The van der Waals surface area contributed by atoms with Crippen molar-refractivity contribution in [1.29, 1.82) is 0 Å². The van der Waals surface area contributed by atoms with Gasteiger partial charge in [0.05, 0.1) is 16.7 Å². The Labute approximate surface area is 148 Å². The Bertz CT molecular complexity index is 987. The molecule has 3 aromatic rings. The van der Waals surface area contributed by atoms with E-state index in [1.54, 1.807) is 23.4 Å². The van der Waals surface area contributed by atoms with Crippen molar-refractivity contribution in [3.63, 3.8) is 0 Å². The van der Waals surface area contributed by atoms with Crippen molar-refractivity contribution in [3.8, 4) is 0 Å². The Kier molecular flexibility index (Phi) is 4.01. The third-order valence-electron chi connectivity index (χ3n) is 4.38. The van der Waals surface area contributed by atoms with Crippen molar-refractivity contribution in [2.45, 2.75) is 18.6 Å². The lowest BCUT2D eigenvalue weighted by Gasteiger charge is -2.17. The minimum Gasteiger partial charge on any atom is -0.358 e. The molecular formula is C16H17N5OS2. The normalized spacial score (nSPS) is 14.8. The van der Waals surface area contributed by atoms with E-state index in [1.165, 1.54) is 12.8 Å². The molecular weight excluding hydrogens is 342 g/mol. The van der Waals surface area contributed by atoms with Crippen molar-refractivity contribution in [2.75, 3.05) is 13.1 Å². The summed E-state index contributed by atoms with van der Waals surface area (Å²) in [6, 6.07) is 7.56. The van der Waals surface area contributed by atoms with Gasteiger partial charge in [0.15, 0.2) is 0 Å². The summed E-state index contributed by atoms with van der Waals surface area (Å²) in [7, 11) is 1.73. The van der Waals surface area contributed by atoms with Crippen LogP contribution in [0.1, 0.15) is 18.7 Å². The lowest BCUT2D eigenvalue weighted by atomic mass is 10.2. The second-order valence-electron chi connectivity index (χ2n) is 5.88. The molecule has 3 heterocycles. The molecule has 2 aromatic heterocycles. The van der Waals surface area contributed by atoms with Gasteiger partial charge in [-0.3, -0.25) is 13.8 Å². The molecule has 1 aromatic carbocycles. The Morgan fingerprint density at radius 3 is 2.79 bits per heavy atom. The summed E-state index contributed by atoms with van der Waals surface area (Å²) >= 11 is 7.14. The minimum absolute atomic E-state index is 0.0581. The minimum atomic E-state index is -0.0581. The van der Waals surface area contributed by atoms with E-state index in [0.29, 0.717) is 16.9 Å². The molecule has 0 spiro atoms. The van der Waals surface area contributed by atoms with Gasteiger partial charge in [0.1, 0.15) is 10.1 Å². The SMILES string of the molecule is Cn1c(=O)c2ccccc2n2c(CSC(=S)N3CCCC3)nnc12. The summed E-state index contributed by atoms with van der Waals surface area (Å²) in [5.41, 5.74) is 0.778. The third kappa shape index (κ3) is 2.50. The summed E-state index contributed by atoms with van der Waals surface area (Å²) in [5, 5.41) is 9.18. The van der Waals surface area contributed by atoms with Gasteiger partial charge in [0.2, 0.25) is 5.78 Å². The molecule has 0 unspecified atom stereocenters. The Morgan fingerprint density at radius 1 is 1.25 bits per heavy atom. The highest BCUT2D eigenvalue weighted by Gasteiger charge is 2.18. The van der Waals surface area contributed by atoms with Crippen LogP contribution in [0.4, 0.5) is 0 Å². The van der Waals surface area contributed by atoms with E-state index in [2.05, 4.69) is 15.1 Å². The molecule has 0 N–H and O–H groups in total. The highest BCUT2D eigenvalue weighted by atomic mass is 32.2. The summed E-state index contributed by atoms with van der Waals surface area (Å²) < 4.78 is 4.41. The molecule has 124 valence electrons. The molecule has 0 bridgehead atoms. The van der Waals surface area contributed by atoms with Gasteiger partial charge in [0.25, 0.3) is 5.56 Å². The molecule has 0 aliphatic carbocycles. The maximum atomic E-state index is 12.4. The van der Waals surface area contributed by atoms with Gasteiger partial charge in [-0.1, -0.05) is 36.1 Å². The van der Waals surface area contributed by atoms with Crippen LogP contribution >= 0.6 is 24.0 Å². The van der Waals surface area contributed by atoms with Crippen molar-refractivity contribution < 1.29 is 0 Å². The zero-order valence-corrected chi connectivity index (χ0v) is 14.9. The second kappa shape index (κ2) is 6.18. The average Bonchev–Trinajstić information content (AvgIpc) is 3.27. The lowest BCUT2D eigenvalue weighted by molar-refractivity contribution is 0.539. The molecule has 8 heteroatoms. The first-order valence-corrected chi connectivity index (χ1v) is 9.29. The number of aryl methyl sites for hydroxylation is 1. The van der Waals surface area contributed by atoms with Gasteiger partial charge < -0.3 is 4.90 Å². The molecule has 0 atom stereocenters. The fourth-order valence-corrected chi connectivity index (χ4v) is 4.27. The number of thiocarbonyl (C=S) groups is 1. The van der Waals surface area contributed by atoms with Crippen LogP contribution in [-0.4, -0.2) is 41.5 Å². The topological polar surface area (TPSA) is 55.4 Å². The number of hydrogen-bond acceptors (Lipinski definition) is 5. The zero-order chi connectivity index (χ0) is 16.7. The Morgan fingerprint density at radius 2 is 2.00 bits per heavy atom. The van der Waals surface area contributed by atoms with E-state index < -0.39 is 0 Å². The molecule has 1 aliphatic rings. The third-order valence-corrected chi connectivity index (χ3v) is 5.90. The number of rotatable bonds is 2. The highest BCUT2D eigenvalue weighted by molar-refractivity contribution is 8.22. The number of fused-ring (bicyclic) bond motifs is 3. The largest absolute Gasteiger partial charge is 0.358 e. The van der Waals surface area contributed by atoms with E-state index in [-0.39, 0.29) is 5.56 Å². The van der Waals surface area contributed by atoms with Crippen LogP contribution in [0, 0.1) is 0 Å². The Hall–Kier alpha value is -1.93. The molecule has 6 nitrogen and oxygen atoms in total. The predicted molar refractivity (Wildman–Crippen MR) is 100 cm³/mol. The monoisotopic (exact) mass is 359 g/mol. The molecule has 4 rings (SSSR count). The maximum absolute atomic E-state index is 12.4. The quantitative estimate of drug-likeness (QED) is 0.654. The van der Waals surface area contributed by atoms with Crippen molar-refractivity contribution >= 4 is 45.0 Å². The molecule has 0 saturated carbocycles. The van der Waals surface area contributed by atoms with Gasteiger partial charge in [-0.15, -0.1) is 10.2 Å². The number of aromatic nitrogens is 4. The maximum Gasteiger partial charge on any atom is 0.262 e. The first-order chi connectivity index (χ1) is 11.7. The molecule has 24 heavy (non-hydrogen) atoms. The standard InChI is InChI=1S/C16H17N5OS2/c1-19-14(22)11-6-2-3-7-12(11)21-13(17-18-15(19)21)10-24-16(23)20-8-4-5-9-20/h2-3,6-7H,4-5,8-10H2,1H3. The van der Waals surface area contributed by atoms with Crippen LogP contribution in [-0.2, 0) is 12.8 Å².